The molecule has 0 atom stereocenters. The van der Waals surface area contributed by atoms with Crippen LogP contribution < -0.4 is 19.5 Å². The lowest BCUT2D eigenvalue weighted by atomic mass is 10.1. The number of hydrogen-bond acceptors (Lipinski definition) is 5. The number of nitrogens with one attached hydrogen (secondary N) is 2. The minimum absolute atomic E-state index is 0.0697. The van der Waals surface area contributed by atoms with Gasteiger partial charge in [0.05, 0.1) is 16.1 Å². The van der Waals surface area contributed by atoms with E-state index >= 15 is 0 Å². The monoisotopic (exact) mass is 464 g/mol. The molecule has 0 radical (unpaired) electrons. The second-order valence-electron chi connectivity index (χ2n) is 6.89. The molecule has 0 fully saturated rings. The van der Waals surface area contributed by atoms with E-state index in [2.05, 4.69) is 14.8 Å². The first-order chi connectivity index (χ1) is 15.0. The van der Waals surface area contributed by atoms with Gasteiger partial charge >= 0.3 is 6.36 Å². The summed E-state index contributed by atoms with van der Waals surface area (Å²) in [5.41, 5.74) is 1.57. The van der Waals surface area contributed by atoms with Crippen molar-refractivity contribution >= 4 is 27.3 Å². The molecule has 11 heteroatoms. The van der Waals surface area contributed by atoms with Crippen molar-refractivity contribution in [1.29, 1.82) is 0 Å². The zero-order valence-corrected chi connectivity index (χ0v) is 17.2. The molecule has 3 aromatic carbocycles. The van der Waals surface area contributed by atoms with E-state index in [9.17, 15) is 26.4 Å². The van der Waals surface area contributed by atoms with Gasteiger partial charge in [0, 0.05) is 5.69 Å². The zero-order chi connectivity index (χ0) is 23.1. The van der Waals surface area contributed by atoms with Gasteiger partial charge in [-0.05, 0) is 67.1 Å². The summed E-state index contributed by atoms with van der Waals surface area (Å²) in [5, 5.41) is 2.72. The van der Waals surface area contributed by atoms with Crippen LogP contribution in [0.4, 0.5) is 24.5 Å². The normalized spacial score (nSPS) is 13.2. The van der Waals surface area contributed by atoms with Crippen LogP contribution in [0.15, 0.2) is 65.6 Å². The molecule has 0 bridgehead atoms. The topological polar surface area (TPSA) is 93.7 Å². The van der Waals surface area contributed by atoms with Crippen molar-refractivity contribution in [2.75, 3.05) is 10.0 Å². The summed E-state index contributed by atoms with van der Waals surface area (Å²) in [6, 6.07) is 13.2. The number of hydrogen-bond donors (Lipinski definition) is 2. The molecule has 0 aliphatic carbocycles. The van der Waals surface area contributed by atoms with Crippen molar-refractivity contribution in [2.45, 2.75) is 18.2 Å². The van der Waals surface area contributed by atoms with Crippen molar-refractivity contribution in [3.63, 3.8) is 0 Å². The molecule has 7 nitrogen and oxygen atoms in total. The van der Waals surface area contributed by atoms with Crippen LogP contribution in [0.1, 0.15) is 15.9 Å². The third-order valence-electron chi connectivity index (χ3n) is 4.45. The van der Waals surface area contributed by atoms with Crippen LogP contribution in [0.5, 0.6) is 17.2 Å². The van der Waals surface area contributed by atoms with Crippen LogP contribution in [0.2, 0.25) is 0 Å². The molecule has 2 N–H and O–H groups in total. The van der Waals surface area contributed by atoms with E-state index < -0.39 is 28.0 Å². The molecule has 1 aliphatic rings. The molecule has 4 rings (SSSR count). The Kier molecular flexibility index (Phi) is 5.21. The quantitative estimate of drug-likeness (QED) is 0.564. The first-order valence-corrected chi connectivity index (χ1v) is 10.6. The average Bonchev–Trinajstić information content (AvgIpc) is 2.82. The number of halogens is 3. The molecule has 0 spiro atoms. The predicted molar refractivity (Wildman–Crippen MR) is 110 cm³/mol. The first-order valence-electron chi connectivity index (χ1n) is 9.13. The van der Waals surface area contributed by atoms with E-state index in [1.54, 1.807) is 12.1 Å². The van der Waals surface area contributed by atoms with Gasteiger partial charge in [0.15, 0.2) is 5.75 Å². The number of aryl methyl sites for hydroxylation is 1. The van der Waals surface area contributed by atoms with E-state index in [1.165, 1.54) is 18.2 Å². The number of ether oxygens (including phenoxy) is 2. The molecule has 3 aromatic rings. The second kappa shape index (κ2) is 7.75. The van der Waals surface area contributed by atoms with Crippen LogP contribution in [-0.4, -0.2) is 20.7 Å². The fourth-order valence-electron chi connectivity index (χ4n) is 3.03. The maximum Gasteiger partial charge on any atom is 0.573 e. The number of sulfonamides is 1. The highest BCUT2D eigenvalue weighted by atomic mass is 32.2. The van der Waals surface area contributed by atoms with E-state index in [0.29, 0.717) is 11.4 Å². The molecular weight excluding hydrogens is 449 g/mol. The molecular formula is C21H15F3N2O5S. The Balaban J connectivity index is 1.58. The molecule has 1 aliphatic heterocycles. The van der Waals surface area contributed by atoms with Crippen LogP contribution in [0.3, 0.4) is 0 Å². The van der Waals surface area contributed by atoms with Gasteiger partial charge in [-0.1, -0.05) is 6.07 Å². The van der Waals surface area contributed by atoms with Gasteiger partial charge in [-0.25, -0.2) is 8.42 Å². The van der Waals surface area contributed by atoms with Crippen LogP contribution >= 0.6 is 0 Å². The maximum atomic E-state index is 12.6. The molecule has 166 valence electrons. The van der Waals surface area contributed by atoms with E-state index in [0.717, 1.165) is 29.8 Å². The van der Waals surface area contributed by atoms with E-state index in [-0.39, 0.29) is 21.9 Å². The fourth-order valence-corrected chi connectivity index (χ4v) is 4.08. The van der Waals surface area contributed by atoms with Crippen molar-refractivity contribution in [3.05, 3.63) is 71.8 Å². The van der Waals surface area contributed by atoms with E-state index in [4.69, 9.17) is 4.74 Å². The lowest BCUT2D eigenvalue weighted by Crippen LogP contribution is -2.17. The summed E-state index contributed by atoms with van der Waals surface area (Å²) in [7, 11) is -4.15. The van der Waals surface area contributed by atoms with Gasteiger partial charge in [-0.15, -0.1) is 13.2 Å². The molecule has 0 saturated carbocycles. The Morgan fingerprint density at radius 2 is 1.66 bits per heavy atom. The third-order valence-corrected chi connectivity index (χ3v) is 5.84. The average molecular weight is 464 g/mol. The highest BCUT2D eigenvalue weighted by molar-refractivity contribution is 7.92. The Hall–Kier alpha value is -3.73. The summed E-state index contributed by atoms with van der Waals surface area (Å²) in [6.07, 6.45) is -4.89. The standard InChI is InChI=1S/C21H15F3N2O5S/c1-12-2-8-19-17(10-12)25-20(27)16-11-13(3-9-18(16)30-19)26-32(28,29)15-6-4-14(5-7-15)31-21(22,23)24/h2-11,26H,1H3,(H,25,27). The molecule has 0 aromatic heterocycles. The van der Waals surface area contributed by atoms with Crippen LogP contribution in [0, 0.1) is 6.92 Å². The minimum Gasteiger partial charge on any atom is -0.454 e. The number of fused-ring (bicyclic) bond motifs is 2. The predicted octanol–water partition coefficient (Wildman–Crippen LogP) is 5.05. The summed E-state index contributed by atoms with van der Waals surface area (Å²) in [5.74, 6) is -0.358. The lowest BCUT2D eigenvalue weighted by Gasteiger charge is -2.12. The zero-order valence-electron chi connectivity index (χ0n) is 16.4. The summed E-state index contributed by atoms with van der Waals surface area (Å²) < 4.78 is 73.9. The van der Waals surface area contributed by atoms with E-state index in [1.807, 2.05) is 13.0 Å². The highest BCUT2D eigenvalue weighted by Gasteiger charge is 2.31. The number of amides is 1. The van der Waals surface area contributed by atoms with Crippen molar-refractivity contribution in [1.82, 2.24) is 0 Å². The van der Waals surface area contributed by atoms with Crippen LogP contribution in [-0.2, 0) is 10.0 Å². The maximum absolute atomic E-state index is 12.6. The van der Waals surface area contributed by atoms with Crippen LogP contribution in [0.25, 0.3) is 0 Å². The fraction of sp³-hybridized carbons (Fsp3) is 0.0952. The Bertz CT molecular complexity index is 1310. The molecule has 1 heterocycles. The molecule has 0 saturated heterocycles. The highest BCUT2D eigenvalue weighted by Crippen LogP contribution is 2.37. The Morgan fingerprint density at radius 1 is 0.969 bits per heavy atom. The molecule has 0 unspecified atom stereocenters. The number of rotatable bonds is 4. The van der Waals surface area contributed by atoms with Gasteiger partial charge in [-0.3, -0.25) is 9.52 Å². The van der Waals surface area contributed by atoms with Gasteiger partial charge in [-0.2, -0.15) is 0 Å². The number of carbonyl (C=O) groups is 1. The lowest BCUT2D eigenvalue weighted by molar-refractivity contribution is -0.274. The largest absolute Gasteiger partial charge is 0.573 e. The van der Waals surface area contributed by atoms with Gasteiger partial charge in [0.25, 0.3) is 15.9 Å². The molecule has 32 heavy (non-hydrogen) atoms. The second-order valence-corrected chi connectivity index (χ2v) is 8.57. The van der Waals surface area contributed by atoms with Crippen molar-refractivity contribution < 1.29 is 35.9 Å². The minimum atomic E-state index is -4.89. The number of benzene rings is 3. The number of anilines is 2. The summed E-state index contributed by atoms with van der Waals surface area (Å²) in [6.45, 7) is 1.86. The SMILES string of the molecule is Cc1ccc2c(c1)NC(=O)c1cc(NS(=O)(=O)c3ccc(OC(F)(F)F)cc3)ccc1O2. The summed E-state index contributed by atoms with van der Waals surface area (Å²) >= 11 is 0. The van der Waals surface area contributed by atoms with Crippen molar-refractivity contribution in [2.24, 2.45) is 0 Å². The molecule has 1 amide bonds. The Labute approximate surface area is 180 Å². The summed E-state index contributed by atoms with van der Waals surface area (Å²) in [4.78, 5) is 12.4. The smallest absolute Gasteiger partial charge is 0.454 e. The number of alkyl halides is 3. The number of carbonyl (C=O) groups excluding carboxylic acids is 1. The van der Waals surface area contributed by atoms with Crippen molar-refractivity contribution in [3.8, 4) is 17.2 Å². The first kappa shape index (κ1) is 21.5. The van der Waals surface area contributed by atoms with Gasteiger partial charge in [0.1, 0.15) is 11.5 Å². The van der Waals surface area contributed by atoms with Gasteiger partial charge < -0.3 is 14.8 Å². The Morgan fingerprint density at radius 3 is 2.34 bits per heavy atom. The van der Waals surface area contributed by atoms with Gasteiger partial charge in [0.2, 0.25) is 0 Å². The third kappa shape index (κ3) is 4.62.